The van der Waals surface area contributed by atoms with Crippen LogP contribution in [0.1, 0.15) is 51.1 Å². The quantitative estimate of drug-likeness (QED) is 0.837. The molecule has 3 heteroatoms. The van der Waals surface area contributed by atoms with E-state index >= 15 is 0 Å². The summed E-state index contributed by atoms with van der Waals surface area (Å²) in [5.74, 6) is 1.73. The van der Waals surface area contributed by atoms with Crippen LogP contribution in [-0.4, -0.2) is 13.7 Å². The Morgan fingerprint density at radius 2 is 2.20 bits per heavy atom. The maximum atomic E-state index is 14.3. The third kappa shape index (κ3) is 3.51. The molecular formula is C17H26FNO. The molecule has 0 aliphatic heterocycles. The topological polar surface area (TPSA) is 21.3 Å². The summed E-state index contributed by atoms with van der Waals surface area (Å²) in [7, 11) is 1.57. The van der Waals surface area contributed by atoms with Gasteiger partial charge >= 0.3 is 0 Å². The molecule has 0 radical (unpaired) electrons. The zero-order valence-corrected chi connectivity index (χ0v) is 12.8. The number of hydrogen-bond donors (Lipinski definition) is 1. The molecule has 0 heterocycles. The maximum Gasteiger partial charge on any atom is 0.131 e. The van der Waals surface area contributed by atoms with Crippen molar-refractivity contribution < 1.29 is 9.13 Å². The minimum atomic E-state index is -0.155. The van der Waals surface area contributed by atoms with Gasteiger partial charge in [-0.2, -0.15) is 0 Å². The number of methoxy groups -OCH3 is 1. The molecule has 1 aromatic rings. The van der Waals surface area contributed by atoms with Gasteiger partial charge in [-0.05, 0) is 43.7 Å². The first-order valence-electron chi connectivity index (χ1n) is 7.72. The minimum absolute atomic E-state index is 0.130. The highest BCUT2D eigenvalue weighted by molar-refractivity contribution is 5.31. The molecule has 1 aliphatic carbocycles. The van der Waals surface area contributed by atoms with Gasteiger partial charge in [0, 0.05) is 17.7 Å². The molecule has 0 bridgehead atoms. The Hall–Kier alpha value is -1.09. The Balaban J connectivity index is 2.21. The van der Waals surface area contributed by atoms with Crippen molar-refractivity contribution in [3.63, 3.8) is 0 Å². The highest BCUT2D eigenvalue weighted by Crippen LogP contribution is 2.40. The number of halogens is 1. The van der Waals surface area contributed by atoms with Gasteiger partial charge in [0.05, 0.1) is 7.11 Å². The third-order valence-corrected chi connectivity index (χ3v) is 4.36. The molecule has 112 valence electrons. The Labute approximate surface area is 121 Å². The lowest BCUT2D eigenvalue weighted by Gasteiger charge is -2.26. The van der Waals surface area contributed by atoms with Gasteiger partial charge in [-0.1, -0.05) is 26.3 Å². The Bertz CT molecular complexity index is 435. The van der Waals surface area contributed by atoms with Crippen molar-refractivity contribution in [3.05, 3.63) is 29.6 Å². The van der Waals surface area contributed by atoms with E-state index in [1.165, 1.54) is 25.3 Å². The zero-order chi connectivity index (χ0) is 14.5. The van der Waals surface area contributed by atoms with Crippen LogP contribution in [0.4, 0.5) is 4.39 Å². The van der Waals surface area contributed by atoms with Crippen molar-refractivity contribution in [2.75, 3.05) is 13.7 Å². The highest BCUT2D eigenvalue weighted by atomic mass is 19.1. The summed E-state index contributed by atoms with van der Waals surface area (Å²) in [4.78, 5) is 0. The second kappa shape index (κ2) is 7.07. The molecule has 3 atom stereocenters. The lowest BCUT2D eigenvalue weighted by atomic mass is 9.90. The first-order chi connectivity index (χ1) is 9.65. The van der Waals surface area contributed by atoms with E-state index in [9.17, 15) is 4.39 Å². The SMILES string of the molecule is CCCNC(c1ccc(OC)cc1F)C1CCC(C)C1. The van der Waals surface area contributed by atoms with Gasteiger partial charge in [0.1, 0.15) is 11.6 Å². The van der Waals surface area contributed by atoms with Crippen molar-refractivity contribution in [1.82, 2.24) is 5.32 Å². The average molecular weight is 279 g/mol. The fraction of sp³-hybridized carbons (Fsp3) is 0.647. The number of ether oxygens (including phenoxy) is 1. The smallest absolute Gasteiger partial charge is 0.131 e. The van der Waals surface area contributed by atoms with Crippen molar-refractivity contribution in [3.8, 4) is 5.75 Å². The highest BCUT2D eigenvalue weighted by Gasteiger charge is 2.30. The molecule has 1 fully saturated rings. The van der Waals surface area contributed by atoms with E-state index in [4.69, 9.17) is 4.74 Å². The second-order valence-corrected chi connectivity index (χ2v) is 6.00. The molecule has 0 saturated heterocycles. The summed E-state index contributed by atoms with van der Waals surface area (Å²) in [5, 5.41) is 3.55. The fourth-order valence-corrected chi connectivity index (χ4v) is 3.27. The van der Waals surface area contributed by atoms with Crippen molar-refractivity contribution in [1.29, 1.82) is 0 Å². The van der Waals surface area contributed by atoms with E-state index < -0.39 is 0 Å². The first-order valence-corrected chi connectivity index (χ1v) is 7.72. The molecule has 0 aromatic heterocycles. The molecule has 1 saturated carbocycles. The summed E-state index contributed by atoms with van der Waals surface area (Å²) in [5.41, 5.74) is 0.790. The lowest BCUT2D eigenvalue weighted by Crippen LogP contribution is -2.28. The van der Waals surface area contributed by atoms with Crippen LogP contribution in [0.25, 0.3) is 0 Å². The zero-order valence-electron chi connectivity index (χ0n) is 12.8. The van der Waals surface area contributed by atoms with Crippen LogP contribution in [0.15, 0.2) is 18.2 Å². The molecular weight excluding hydrogens is 253 g/mol. The summed E-state index contributed by atoms with van der Waals surface area (Å²) in [6.45, 7) is 5.37. The van der Waals surface area contributed by atoms with Gasteiger partial charge in [-0.3, -0.25) is 0 Å². The predicted molar refractivity (Wildman–Crippen MR) is 80.5 cm³/mol. The maximum absolute atomic E-state index is 14.3. The van der Waals surface area contributed by atoms with Gasteiger partial charge in [0.15, 0.2) is 0 Å². The number of nitrogens with one attached hydrogen (secondary N) is 1. The number of benzene rings is 1. The normalized spacial score (nSPS) is 23.8. The van der Waals surface area contributed by atoms with Crippen LogP contribution in [-0.2, 0) is 0 Å². The van der Waals surface area contributed by atoms with E-state index in [2.05, 4.69) is 19.2 Å². The van der Waals surface area contributed by atoms with Gasteiger partial charge < -0.3 is 10.1 Å². The minimum Gasteiger partial charge on any atom is -0.497 e. The first kappa shape index (κ1) is 15.3. The van der Waals surface area contributed by atoms with Crippen LogP contribution < -0.4 is 10.1 Å². The summed E-state index contributed by atoms with van der Waals surface area (Å²) in [6.07, 6.45) is 4.70. The van der Waals surface area contributed by atoms with E-state index in [0.29, 0.717) is 11.7 Å². The molecule has 2 nitrogen and oxygen atoms in total. The average Bonchev–Trinajstić information content (AvgIpc) is 2.87. The van der Waals surface area contributed by atoms with Crippen LogP contribution in [0.5, 0.6) is 5.75 Å². The summed E-state index contributed by atoms with van der Waals surface area (Å²) in [6, 6.07) is 5.36. The van der Waals surface area contributed by atoms with Gasteiger partial charge in [-0.25, -0.2) is 4.39 Å². The third-order valence-electron chi connectivity index (χ3n) is 4.36. The Morgan fingerprint density at radius 1 is 1.40 bits per heavy atom. The van der Waals surface area contributed by atoms with Gasteiger partial charge in [0.2, 0.25) is 0 Å². The molecule has 1 N–H and O–H groups in total. The van der Waals surface area contributed by atoms with Crippen LogP contribution >= 0.6 is 0 Å². The van der Waals surface area contributed by atoms with E-state index in [-0.39, 0.29) is 11.9 Å². The summed E-state index contributed by atoms with van der Waals surface area (Å²) >= 11 is 0. The van der Waals surface area contributed by atoms with Crippen molar-refractivity contribution in [2.45, 2.75) is 45.6 Å². The molecule has 1 aliphatic rings. The molecule has 1 aromatic carbocycles. The number of hydrogen-bond acceptors (Lipinski definition) is 2. The number of rotatable bonds is 6. The van der Waals surface area contributed by atoms with Crippen LogP contribution in [0.2, 0.25) is 0 Å². The van der Waals surface area contributed by atoms with Gasteiger partial charge in [0.25, 0.3) is 0 Å². The molecule has 2 rings (SSSR count). The van der Waals surface area contributed by atoms with Crippen molar-refractivity contribution >= 4 is 0 Å². The Morgan fingerprint density at radius 3 is 2.75 bits per heavy atom. The summed E-state index contributed by atoms with van der Waals surface area (Å²) < 4.78 is 19.4. The monoisotopic (exact) mass is 279 g/mol. The van der Waals surface area contributed by atoms with Crippen LogP contribution in [0.3, 0.4) is 0 Å². The Kier molecular flexibility index (Phi) is 5.41. The predicted octanol–water partition coefficient (Wildman–Crippen LogP) is 4.31. The fourth-order valence-electron chi connectivity index (χ4n) is 3.27. The van der Waals surface area contributed by atoms with E-state index in [0.717, 1.165) is 24.4 Å². The lowest BCUT2D eigenvalue weighted by molar-refractivity contribution is 0.347. The van der Waals surface area contributed by atoms with Gasteiger partial charge in [-0.15, -0.1) is 0 Å². The largest absolute Gasteiger partial charge is 0.497 e. The van der Waals surface area contributed by atoms with Crippen molar-refractivity contribution in [2.24, 2.45) is 11.8 Å². The van der Waals surface area contributed by atoms with E-state index in [1.54, 1.807) is 7.11 Å². The van der Waals surface area contributed by atoms with Crippen LogP contribution in [0, 0.1) is 17.7 Å². The second-order valence-electron chi connectivity index (χ2n) is 6.00. The van der Waals surface area contributed by atoms with E-state index in [1.807, 2.05) is 12.1 Å². The molecule has 3 unspecified atom stereocenters. The molecule has 0 spiro atoms. The molecule has 0 amide bonds. The molecule has 20 heavy (non-hydrogen) atoms. The standard InChI is InChI=1S/C17H26FNO/c1-4-9-19-17(13-6-5-12(2)10-13)15-8-7-14(20-3)11-16(15)18/h7-8,11-13,17,19H,4-6,9-10H2,1-3H3.